The van der Waals surface area contributed by atoms with Crippen LogP contribution in [0.3, 0.4) is 0 Å². The maximum absolute atomic E-state index is 9.22. The van der Waals surface area contributed by atoms with E-state index in [-0.39, 0.29) is 11.5 Å². The predicted octanol–water partition coefficient (Wildman–Crippen LogP) is 4.05. The van der Waals surface area contributed by atoms with Crippen molar-refractivity contribution in [3.05, 3.63) is 56.5 Å². The van der Waals surface area contributed by atoms with Gasteiger partial charge in [0.2, 0.25) is 0 Å². The summed E-state index contributed by atoms with van der Waals surface area (Å²) >= 11 is 6.21. The molecule has 0 aliphatic rings. The monoisotopic (exact) mass is 394 g/mol. The maximum Gasteiger partial charge on any atom is 0.144 e. The van der Waals surface area contributed by atoms with Gasteiger partial charge in [0.05, 0.1) is 26.1 Å². The van der Waals surface area contributed by atoms with E-state index in [0.717, 1.165) is 0 Å². The second-order valence-electron chi connectivity index (χ2n) is 3.53. The van der Waals surface area contributed by atoms with Crippen molar-refractivity contribution in [3.63, 3.8) is 0 Å². The molecule has 20 heavy (non-hydrogen) atoms. The first-order chi connectivity index (χ1) is 9.49. The summed E-state index contributed by atoms with van der Waals surface area (Å²) in [6.45, 7) is 0. The van der Waals surface area contributed by atoms with Gasteiger partial charge in [0.15, 0.2) is 0 Å². The van der Waals surface area contributed by atoms with Gasteiger partial charge in [-0.3, -0.25) is 0 Å². The molecule has 2 aromatic carbocycles. The molecule has 0 atom stereocenters. The van der Waals surface area contributed by atoms with Gasteiger partial charge in [0.1, 0.15) is 17.6 Å². The minimum Gasteiger partial charge on any atom is -0.507 e. The minimum absolute atomic E-state index is 0.0417. The Labute approximate surface area is 132 Å². The molecule has 6 heteroatoms. The van der Waals surface area contributed by atoms with Crippen LogP contribution in [-0.2, 0) is 0 Å². The van der Waals surface area contributed by atoms with Crippen LogP contribution in [0.5, 0.6) is 11.5 Å². The topological polar surface area (TPSA) is 88.0 Å². The average Bonchev–Trinajstić information content (AvgIpc) is 2.45. The van der Waals surface area contributed by atoms with E-state index in [1.54, 1.807) is 30.3 Å². The van der Waals surface area contributed by atoms with Crippen molar-refractivity contribution in [2.24, 2.45) is 0 Å². The van der Waals surface area contributed by atoms with Gasteiger partial charge in [-0.2, -0.15) is 10.5 Å². The van der Waals surface area contributed by atoms with Crippen molar-refractivity contribution in [2.45, 2.75) is 0 Å². The fraction of sp³-hybridized carbons (Fsp3) is 0. The number of rotatable bonds is 0. The van der Waals surface area contributed by atoms with Crippen LogP contribution in [0.1, 0.15) is 11.1 Å². The standard InChI is InChI=1S/C7H3Br2NO.C7H5NO/c8-5-1-4(3-10)2-6(9)7(5)11;8-5-6-3-1-2-4-7(6)9/h1-2,11H;1-4,9H. The second kappa shape index (κ2) is 7.54. The minimum atomic E-state index is 0.0417. The molecule has 0 fully saturated rings. The highest BCUT2D eigenvalue weighted by atomic mass is 79.9. The van der Waals surface area contributed by atoms with E-state index < -0.39 is 0 Å². The Morgan fingerprint density at radius 2 is 1.45 bits per heavy atom. The van der Waals surface area contributed by atoms with Crippen molar-refractivity contribution in [3.8, 4) is 23.6 Å². The molecule has 0 saturated carbocycles. The van der Waals surface area contributed by atoms with Gasteiger partial charge >= 0.3 is 0 Å². The smallest absolute Gasteiger partial charge is 0.144 e. The van der Waals surface area contributed by atoms with Crippen LogP contribution in [0.15, 0.2) is 45.3 Å². The van der Waals surface area contributed by atoms with Gasteiger partial charge in [-0.15, -0.1) is 0 Å². The van der Waals surface area contributed by atoms with E-state index in [4.69, 9.17) is 15.6 Å². The maximum atomic E-state index is 9.22. The SMILES string of the molecule is N#Cc1cc(Br)c(O)c(Br)c1.N#Cc1ccccc1O. The summed E-state index contributed by atoms with van der Waals surface area (Å²) in [4.78, 5) is 0. The van der Waals surface area contributed by atoms with Crippen LogP contribution in [-0.4, -0.2) is 10.2 Å². The molecule has 0 aliphatic carbocycles. The lowest BCUT2D eigenvalue weighted by Crippen LogP contribution is -1.76. The summed E-state index contributed by atoms with van der Waals surface area (Å²) in [5.41, 5.74) is 0.819. The summed E-state index contributed by atoms with van der Waals surface area (Å²) < 4.78 is 1.03. The lowest BCUT2D eigenvalue weighted by Gasteiger charge is -1.99. The Kier molecular flexibility index (Phi) is 6.05. The molecule has 0 aromatic heterocycles. The molecular formula is C14H8Br2N2O2. The molecular weight excluding hydrogens is 388 g/mol. The zero-order chi connectivity index (χ0) is 15.1. The molecule has 2 rings (SSSR count). The number of nitrogens with zero attached hydrogens (tertiary/aromatic N) is 2. The quantitative estimate of drug-likeness (QED) is 0.704. The third-order valence-electron chi connectivity index (χ3n) is 2.17. The van der Waals surface area contributed by atoms with Gasteiger partial charge in [0.25, 0.3) is 0 Å². The van der Waals surface area contributed by atoms with E-state index in [1.165, 1.54) is 6.07 Å². The zero-order valence-corrected chi connectivity index (χ0v) is 13.2. The fourth-order valence-electron chi connectivity index (χ4n) is 1.20. The Morgan fingerprint density at radius 1 is 0.900 bits per heavy atom. The Bertz CT molecular complexity index is 680. The van der Waals surface area contributed by atoms with Gasteiger partial charge in [-0.05, 0) is 56.1 Å². The third kappa shape index (κ3) is 4.27. The van der Waals surface area contributed by atoms with Crippen LogP contribution in [0.2, 0.25) is 0 Å². The number of para-hydroxylation sites is 1. The third-order valence-corrected chi connectivity index (χ3v) is 3.38. The highest BCUT2D eigenvalue weighted by molar-refractivity contribution is 9.11. The number of hydrogen-bond acceptors (Lipinski definition) is 4. The summed E-state index contributed by atoms with van der Waals surface area (Å²) in [6.07, 6.45) is 0. The first-order valence-corrected chi connectivity index (χ1v) is 6.84. The molecule has 0 aliphatic heterocycles. The number of halogens is 2. The molecule has 0 heterocycles. The van der Waals surface area contributed by atoms with Crippen molar-refractivity contribution < 1.29 is 10.2 Å². The molecule has 2 N–H and O–H groups in total. The van der Waals surface area contributed by atoms with Crippen LogP contribution in [0.25, 0.3) is 0 Å². The largest absolute Gasteiger partial charge is 0.507 e. The predicted molar refractivity (Wildman–Crippen MR) is 81.0 cm³/mol. The van der Waals surface area contributed by atoms with Crippen molar-refractivity contribution in [1.82, 2.24) is 0 Å². The molecule has 100 valence electrons. The van der Waals surface area contributed by atoms with Crippen LogP contribution < -0.4 is 0 Å². The number of phenolic OH excluding ortho intramolecular Hbond substituents is 2. The van der Waals surface area contributed by atoms with E-state index in [0.29, 0.717) is 20.1 Å². The van der Waals surface area contributed by atoms with E-state index in [2.05, 4.69) is 31.9 Å². The molecule has 4 nitrogen and oxygen atoms in total. The molecule has 0 bridgehead atoms. The van der Waals surface area contributed by atoms with Crippen LogP contribution in [0, 0.1) is 22.7 Å². The average molecular weight is 396 g/mol. The summed E-state index contributed by atoms with van der Waals surface area (Å²) in [6, 6.07) is 13.4. The molecule has 0 amide bonds. The Hall–Kier alpha value is -2.02. The summed E-state index contributed by atoms with van der Waals surface area (Å²) in [7, 11) is 0. The van der Waals surface area contributed by atoms with Gasteiger partial charge < -0.3 is 10.2 Å². The molecule has 0 saturated heterocycles. The summed E-state index contributed by atoms with van der Waals surface area (Å²) in [5.74, 6) is 0.156. The van der Waals surface area contributed by atoms with E-state index in [1.807, 2.05) is 12.1 Å². The van der Waals surface area contributed by atoms with E-state index >= 15 is 0 Å². The van der Waals surface area contributed by atoms with Crippen molar-refractivity contribution in [1.29, 1.82) is 10.5 Å². The van der Waals surface area contributed by atoms with Crippen molar-refractivity contribution in [2.75, 3.05) is 0 Å². The lowest BCUT2D eigenvalue weighted by molar-refractivity contribution is 0.468. The second-order valence-corrected chi connectivity index (χ2v) is 5.24. The molecule has 0 radical (unpaired) electrons. The number of aromatic hydroxyl groups is 2. The number of phenols is 2. The molecule has 0 unspecified atom stereocenters. The normalized spacial score (nSPS) is 8.80. The Balaban J connectivity index is 0.000000204. The van der Waals surface area contributed by atoms with Crippen molar-refractivity contribution >= 4 is 31.9 Å². The highest BCUT2D eigenvalue weighted by Gasteiger charge is 2.04. The summed E-state index contributed by atoms with van der Waals surface area (Å²) in [5, 5.41) is 34.9. The highest BCUT2D eigenvalue weighted by Crippen LogP contribution is 2.32. The number of hydrogen-bond donors (Lipinski definition) is 2. The van der Waals surface area contributed by atoms with Gasteiger partial charge in [-0.25, -0.2) is 0 Å². The molecule has 2 aromatic rings. The molecule has 0 spiro atoms. The van der Waals surface area contributed by atoms with Crippen LogP contribution >= 0.6 is 31.9 Å². The first kappa shape index (κ1) is 16.0. The lowest BCUT2D eigenvalue weighted by atomic mass is 10.2. The van der Waals surface area contributed by atoms with E-state index in [9.17, 15) is 5.11 Å². The number of benzene rings is 2. The Morgan fingerprint density at radius 3 is 1.85 bits per heavy atom. The van der Waals surface area contributed by atoms with Gasteiger partial charge in [-0.1, -0.05) is 12.1 Å². The van der Waals surface area contributed by atoms with Gasteiger partial charge in [0, 0.05) is 0 Å². The zero-order valence-electron chi connectivity index (χ0n) is 10.0. The first-order valence-electron chi connectivity index (χ1n) is 5.25. The fourth-order valence-corrected chi connectivity index (χ4v) is 2.38. The number of nitriles is 2. The van der Waals surface area contributed by atoms with Crippen LogP contribution in [0.4, 0.5) is 0 Å².